The van der Waals surface area contributed by atoms with Crippen LogP contribution < -0.4 is 5.32 Å². The molecule has 33 heavy (non-hydrogen) atoms. The van der Waals surface area contributed by atoms with E-state index >= 15 is 0 Å². The average molecular weight is 448 g/mol. The van der Waals surface area contributed by atoms with Crippen molar-refractivity contribution < 1.29 is 19.7 Å². The Balaban J connectivity index is 1.37. The summed E-state index contributed by atoms with van der Waals surface area (Å²) in [6.07, 6.45) is 3.52. The molecule has 1 aliphatic rings. The van der Waals surface area contributed by atoms with Gasteiger partial charge in [0.1, 0.15) is 12.7 Å². The lowest BCUT2D eigenvalue weighted by molar-refractivity contribution is 0.00933. The minimum absolute atomic E-state index is 0.206. The van der Waals surface area contributed by atoms with Crippen LogP contribution in [-0.2, 0) is 4.74 Å². The van der Waals surface area contributed by atoms with Crippen LogP contribution in [0.15, 0.2) is 66.7 Å². The molecule has 5 nitrogen and oxygen atoms in total. The molecule has 4 atom stereocenters. The van der Waals surface area contributed by atoms with Crippen LogP contribution in [0.25, 0.3) is 10.8 Å². The van der Waals surface area contributed by atoms with Crippen LogP contribution >= 0.6 is 0 Å². The smallest absolute Gasteiger partial charge is 0.338 e. The maximum absolute atomic E-state index is 12.1. The standard InChI is InChI=1S/C28H33NO4/c1-19(26-11-5-7-21-6-2-3-10-27(21)26)29-24-9-4-8-23(16-24)20-12-14-22(15-13-20)28(32)33-18-25(31)17-30/h2-3,5-7,10-15,19,23-25,29-31H,4,8-9,16-18H2,1H3/t19-,23?,24?,25?/m1/s1. The van der Waals surface area contributed by atoms with Gasteiger partial charge in [-0.1, -0.05) is 61.0 Å². The van der Waals surface area contributed by atoms with Gasteiger partial charge in [0.25, 0.3) is 0 Å². The average Bonchev–Trinajstić information content (AvgIpc) is 2.87. The van der Waals surface area contributed by atoms with Crippen LogP contribution in [0.1, 0.15) is 66.1 Å². The van der Waals surface area contributed by atoms with Crippen LogP contribution in [0.3, 0.4) is 0 Å². The number of aliphatic hydroxyl groups is 2. The number of carbonyl (C=O) groups is 1. The first-order chi connectivity index (χ1) is 16.0. The molecule has 0 saturated heterocycles. The number of aliphatic hydroxyl groups excluding tert-OH is 2. The number of hydrogen-bond donors (Lipinski definition) is 3. The van der Waals surface area contributed by atoms with Gasteiger partial charge in [-0.3, -0.25) is 0 Å². The number of ether oxygens (including phenoxy) is 1. The molecule has 0 aliphatic heterocycles. The summed E-state index contributed by atoms with van der Waals surface area (Å²) >= 11 is 0. The zero-order valence-corrected chi connectivity index (χ0v) is 19.1. The Morgan fingerprint density at radius 3 is 2.61 bits per heavy atom. The van der Waals surface area contributed by atoms with Gasteiger partial charge < -0.3 is 20.3 Å². The van der Waals surface area contributed by atoms with Gasteiger partial charge in [0.15, 0.2) is 0 Å². The van der Waals surface area contributed by atoms with Gasteiger partial charge >= 0.3 is 5.97 Å². The Hall–Kier alpha value is -2.73. The Bertz CT molecular complexity index is 1060. The van der Waals surface area contributed by atoms with Crippen molar-refractivity contribution >= 4 is 16.7 Å². The number of esters is 1. The summed E-state index contributed by atoms with van der Waals surface area (Å²) in [6, 6.07) is 23.4. The van der Waals surface area contributed by atoms with E-state index in [4.69, 9.17) is 9.84 Å². The molecular weight excluding hydrogens is 414 g/mol. The maximum atomic E-state index is 12.1. The molecule has 3 N–H and O–H groups in total. The quantitative estimate of drug-likeness (QED) is 0.435. The molecule has 5 heteroatoms. The fourth-order valence-corrected chi connectivity index (χ4v) is 4.91. The lowest BCUT2D eigenvalue weighted by Crippen LogP contribution is -2.35. The minimum Gasteiger partial charge on any atom is -0.459 e. The third-order valence-electron chi connectivity index (χ3n) is 6.69. The highest BCUT2D eigenvalue weighted by atomic mass is 16.5. The van der Waals surface area contributed by atoms with Crippen molar-refractivity contribution in [1.82, 2.24) is 5.32 Å². The summed E-state index contributed by atoms with van der Waals surface area (Å²) < 4.78 is 5.04. The molecule has 3 aromatic carbocycles. The Morgan fingerprint density at radius 1 is 1.06 bits per heavy atom. The number of carbonyl (C=O) groups excluding carboxylic acids is 1. The second kappa shape index (κ2) is 10.9. The number of fused-ring (bicyclic) bond motifs is 1. The molecule has 1 aliphatic carbocycles. The topological polar surface area (TPSA) is 78.8 Å². The van der Waals surface area contributed by atoms with E-state index in [0.29, 0.717) is 17.5 Å². The van der Waals surface area contributed by atoms with E-state index in [9.17, 15) is 9.90 Å². The zero-order chi connectivity index (χ0) is 23.2. The largest absolute Gasteiger partial charge is 0.459 e. The van der Waals surface area contributed by atoms with E-state index in [0.717, 1.165) is 12.8 Å². The summed E-state index contributed by atoms with van der Waals surface area (Å²) in [5.74, 6) is -0.0293. The predicted octanol–water partition coefficient (Wildman–Crippen LogP) is 4.73. The van der Waals surface area contributed by atoms with E-state index in [1.807, 2.05) is 12.1 Å². The molecule has 0 aromatic heterocycles. The van der Waals surface area contributed by atoms with Crippen molar-refractivity contribution in [1.29, 1.82) is 0 Å². The summed E-state index contributed by atoms with van der Waals surface area (Å²) in [7, 11) is 0. The van der Waals surface area contributed by atoms with Gasteiger partial charge in [0, 0.05) is 12.1 Å². The Morgan fingerprint density at radius 2 is 1.82 bits per heavy atom. The zero-order valence-electron chi connectivity index (χ0n) is 19.1. The van der Waals surface area contributed by atoms with Crippen LogP contribution in [0.2, 0.25) is 0 Å². The fraction of sp³-hybridized carbons (Fsp3) is 0.393. The van der Waals surface area contributed by atoms with Gasteiger partial charge in [0.05, 0.1) is 12.2 Å². The first kappa shape index (κ1) is 23.4. The molecule has 0 amide bonds. The fourth-order valence-electron chi connectivity index (χ4n) is 4.91. The summed E-state index contributed by atoms with van der Waals surface area (Å²) in [5, 5.41) is 24.6. The highest BCUT2D eigenvalue weighted by Gasteiger charge is 2.25. The first-order valence-electron chi connectivity index (χ1n) is 11.8. The van der Waals surface area contributed by atoms with Gasteiger partial charge in [-0.15, -0.1) is 0 Å². The van der Waals surface area contributed by atoms with Crippen molar-refractivity contribution in [3.05, 3.63) is 83.4 Å². The summed E-state index contributed by atoms with van der Waals surface area (Å²) in [5.41, 5.74) is 3.04. The van der Waals surface area contributed by atoms with E-state index in [2.05, 4.69) is 54.7 Å². The minimum atomic E-state index is -1.05. The normalized spacial score (nSPS) is 20.3. The third-order valence-corrected chi connectivity index (χ3v) is 6.69. The van der Waals surface area contributed by atoms with Gasteiger partial charge in [0.2, 0.25) is 0 Å². The van der Waals surface area contributed by atoms with Crippen molar-refractivity contribution in [2.75, 3.05) is 13.2 Å². The molecule has 3 aromatic rings. The van der Waals surface area contributed by atoms with Gasteiger partial charge in [-0.25, -0.2) is 4.79 Å². The Kier molecular flexibility index (Phi) is 7.76. The highest BCUT2D eigenvalue weighted by molar-refractivity contribution is 5.89. The monoisotopic (exact) mass is 447 g/mol. The van der Waals surface area contributed by atoms with Crippen LogP contribution in [0, 0.1) is 0 Å². The number of hydrogen-bond acceptors (Lipinski definition) is 5. The summed E-state index contributed by atoms with van der Waals surface area (Å²) in [6.45, 7) is 1.61. The Labute approximate surface area is 195 Å². The molecule has 1 saturated carbocycles. The predicted molar refractivity (Wildman–Crippen MR) is 130 cm³/mol. The molecule has 1 fully saturated rings. The second-order valence-electron chi connectivity index (χ2n) is 9.07. The first-order valence-corrected chi connectivity index (χ1v) is 11.8. The second-order valence-corrected chi connectivity index (χ2v) is 9.07. The third kappa shape index (κ3) is 5.80. The number of nitrogens with one attached hydrogen (secondary N) is 1. The number of benzene rings is 3. The maximum Gasteiger partial charge on any atom is 0.338 e. The highest BCUT2D eigenvalue weighted by Crippen LogP contribution is 2.34. The van der Waals surface area contributed by atoms with Crippen molar-refractivity contribution in [2.24, 2.45) is 0 Å². The molecular formula is C28H33NO4. The molecule has 4 rings (SSSR count). The molecule has 0 spiro atoms. The lowest BCUT2D eigenvalue weighted by atomic mass is 9.81. The van der Waals surface area contributed by atoms with Gasteiger partial charge in [-0.2, -0.15) is 0 Å². The molecule has 0 heterocycles. The van der Waals surface area contributed by atoms with E-state index in [1.54, 1.807) is 12.1 Å². The van der Waals surface area contributed by atoms with Crippen molar-refractivity contribution in [3.63, 3.8) is 0 Å². The lowest BCUT2D eigenvalue weighted by Gasteiger charge is -2.32. The summed E-state index contributed by atoms with van der Waals surface area (Å²) in [4.78, 5) is 12.1. The molecule has 0 bridgehead atoms. The molecule has 0 radical (unpaired) electrons. The van der Waals surface area contributed by atoms with Gasteiger partial charge in [-0.05, 0) is 66.1 Å². The van der Waals surface area contributed by atoms with E-state index < -0.39 is 18.7 Å². The SMILES string of the molecule is C[C@@H](NC1CCCC(c2ccc(C(=O)OCC(O)CO)cc2)C1)c1cccc2ccccc12. The van der Waals surface area contributed by atoms with E-state index in [-0.39, 0.29) is 12.6 Å². The number of rotatable bonds is 8. The van der Waals surface area contributed by atoms with Crippen LogP contribution in [0.5, 0.6) is 0 Å². The van der Waals surface area contributed by atoms with Crippen LogP contribution in [0.4, 0.5) is 0 Å². The van der Waals surface area contributed by atoms with Crippen LogP contribution in [-0.4, -0.2) is 41.5 Å². The van der Waals surface area contributed by atoms with E-state index in [1.165, 1.54) is 34.7 Å². The van der Waals surface area contributed by atoms with Crippen molar-refractivity contribution in [2.45, 2.75) is 56.7 Å². The van der Waals surface area contributed by atoms with Crippen molar-refractivity contribution in [3.8, 4) is 0 Å². The molecule has 3 unspecified atom stereocenters. The molecule has 174 valence electrons.